The fraction of sp³-hybridized carbons (Fsp3) is 0.111. The van der Waals surface area contributed by atoms with Crippen LogP contribution in [0.25, 0.3) is 10.8 Å². The molecule has 0 radical (unpaired) electrons. The maximum atomic E-state index is 5.11. The number of fused-ring (bicyclic) bond motifs is 1. The Morgan fingerprint density at radius 2 is 2.25 bits per heavy atom. The van der Waals surface area contributed by atoms with Crippen molar-refractivity contribution in [3.05, 3.63) is 30.7 Å². The molecule has 12 heavy (non-hydrogen) atoms. The molecule has 3 heteroatoms. The molecule has 0 aliphatic rings. The third kappa shape index (κ3) is 1.36. The van der Waals surface area contributed by atoms with Crippen molar-refractivity contribution in [3.63, 3.8) is 0 Å². The SMILES string of the molecule is COc1cccc2[c-]occ12.[Li+]. The molecule has 2 nitrogen and oxygen atoms in total. The largest absolute Gasteiger partial charge is 1.00 e. The van der Waals surface area contributed by atoms with Gasteiger partial charge in [0.1, 0.15) is 0 Å². The quantitative estimate of drug-likeness (QED) is 0.398. The van der Waals surface area contributed by atoms with E-state index in [1.807, 2.05) is 18.2 Å². The molecule has 0 bridgehead atoms. The van der Waals surface area contributed by atoms with Gasteiger partial charge in [0.25, 0.3) is 0 Å². The Hall–Kier alpha value is -0.843. The van der Waals surface area contributed by atoms with Gasteiger partial charge in [-0.15, -0.1) is 17.5 Å². The van der Waals surface area contributed by atoms with Crippen molar-refractivity contribution in [2.45, 2.75) is 0 Å². The van der Waals surface area contributed by atoms with E-state index in [4.69, 9.17) is 9.15 Å². The normalized spacial score (nSPS) is 9.42. The molecule has 0 saturated carbocycles. The number of furan rings is 1. The maximum Gasteiger partial charge on any atom is 1.00 e. The average molecular weight is 154 g/mol. The van der Waals surface area contributed by atoms with Crippen LogP contribution < -0.4 is 23.6 Å². The smallest absolute Gasteiger partial charge is 0.564 e. The second-order valence-electron chi connectivity index (χ2n) is 2.26. The fourth-order valence-corrected chi connectivity index (χ4v) is 1.08. The van der Waals surface area contributed by atoms with E-state index < -0.39 is 0 Å². The molecule has 0 aliphatic carbocycles. The molecule has 0 N–H and O–H groups in total. The molecular weight excluding hydrogens is 147 g/mol. The molecule has 0 amide bonds. The van der Waals surface area contributed by atoms with E-state index in [2.05, 4.69) is 6.26 Å². The van der Waals surface area contributed by atoms with E-state index in [9.17, 15) is 0 Å². The van der Waals surface area contributed by atoms with Gasteiger partial charge in [-0.3, -0.25) is 0 Å². The van der Waals surface area contributed by atoms with Gasteiger partial charge in [0.2, 0.25) is 0 Å². The van der Waals surface area contributed by atoms with E-state index >= 15 is 0 Å². The van der Waals surface area contributed by atoms with Crippen molar-refractivity contribution in [3.8, 4) is 5.75 Å². The molecule has 56 valence electrons. The fourth-order valence-electron chi connectivity index (χ4n) is 1.08. The Morgan fingerprint density at radius 3 is 3.00 bits per heavy atom. The van der Waals surface area contributed by atoms with Gasteiger partial charge in [-0.1, -0.05) is 5.39 Å². The molecule has 2 aromatic rings. The van der Waals surface area contributed by atoms with E-state index in [1.165, 1.54) is 0 Å². The zero-order chi connectivity index (χ0) is 7.68. The second-order valence-corrected chi connectivity index (χ2v) is 2.26. The summed E-state index contributed by atoms with van der Waals surface area (Å²) >= 11 is 0. The van der Waals surface area contributed by atoms with E-state index in [1.54, 1.807) is 13.4 Å². The number of rotatable bonds is 1. The van der Waals surface area contributed by atoms with Crippen molar-refractivity contribution >= 4 is 10.8 Å². The minimum absolute atomic E-state index is 0. The molecule has 0 unspecified atom stereocenters. The molecule has 0 atom stereocenters. The van der Waals surface area contributed by atoms with Crippen LogP contribution >= 0.6 is 0 Å². The van der Waals surface area contributed by atoms with Gasteiger partial charge in [-0.25, -0.2) is 0 Å². The first kappa shape index (κ1) is 9.25. The van der Waals surface area contributed by atoms with Gasteiger partial charge < -0.3 is 9.15 Å². The Labute approximate surface area is 82.7 Å². The Balaban J connectivity index is 0.000000720. The molecule has 0 spiro atoms. The summed E-state index contributed by atoms with van der Waals surface area (Å²) in [4.78, 5) is 0. The van der Waals surface area contributed by atoms with Crippen LogP contribution in [0.15, 0.2) is 28.9 Å². The van der Waals surface area contributed by atoms with Crippen LogP contribution in [0, 0.1) is 6.26 Å². The van der Waals surface area contributed by atoms with Crippen LogP contribution in [0.2, 0.25) is 0 Å². The van der Waals surface area contributed by atoms with Crippen LogP contribution in [0.4, 0.5) is 0 Å². The summed E-state index contributed by atoms with van der Waals surface area (Å²) in [6.45, 7) is 0. The molecular formula is C9H7LiO2. The van der Waals surface area contributed by atoms with Gasteiger partial charge in [0, 0.05) is 6.26 Å². The third-order valence-corrected chi connectivity index (χ3v) is 1.63. The average Bonchev–Trinajstić information content (AvgIpc) is 2.50. The van der Waals surface area contributed by atoms with E-state index in [0.29, 0.717) is 0 Å². The van der Waals surface area contributed by atoms with Crippen molar-refractivity contribution in [1.29, 1.82) is 0 Å². The number of hydrogen-bond acceptors (Lipinski definition) is 2. The molecule has 0 fully saturated rings. The van der Waals surface area contributed by atoms with Crippen LogP contribution in [0.3, 0.4) is 0 Å². The molecule has 1 aromatic heterocycles. The first-order valence-corrected chi connectivity index (χ1v) is 3.33. The van der Waals surface area contributed by atoms with Gasteiger partial charge >= 0.3 is 18.9 Å². The van der Waals surface area contributed by atoms with Crippen molar-refractivity contribution in [1.82, 2.24) is 0 Å². The van der Waals surface area contributed by atoms with E-state index in [-0.39, 0.29) is 18.9 Å². The summed E-state index contributed by atoms with van der Waals surface area (Å²) in [6, 6.07) is 5.74. The summed E-state index contributed by atoms with van der Waals surface area (Å²) in [5, 5.41) is 1.92. The molecule has 1 heterocycles. The van der Waals surface area contributed by atoms with Gasteiger partial charge in [0.15, 0.2) is 0 Å². The van der Waals surface area contributed by atoms with Gasteiger partial charge in [-0.2, -0.15) is 0 Å². The zero-order valence-electron chi connectivity index (χ0n) is 7.13. The summed E-state index contributed by atoms with van der Waals surface area (Å²) < 4.78 is 10.0. The minimum Gasteiger partial charge on any atom is -0.564 e. The first-order chi connectivity index (χ1) is 5.42. The standard InChI is InChI=1S/C9H7O2.Li/c1-10-9-4-2-3-7-5-11-6-8(7)9;/h2-4,6H,1H3;/q-1;+1. The first-order valence-electron chi connectivity index (χ1n) is 3.33. The number of methoxy groups -OCH3 is 1. The van der Waals surface area contributed by atoms with Crippen LogP contribution in [-0.4, -0.2) is 7.11 Å². The molecule has 0 aliphatic heterocycles. The number of hydrogen-bond donors (Lipinski definition) is 0. The summed E-state index contributed by atoms with van der Waals surface area (Å²) in [7, 11) is 1.64. The van der Waals surface area contributed by atoms with Crippen LogP contribution in [0.1, 0.15) is 0 Å². The monoisotopic (exact) mass is 154 g/mol. The Morgan fingerprint density at radius 1 is 1.42 bits per heavy atom. The third-order valence-electron chi connectivity index (χ3n) is 1.63. The molecule has 2 rings (SSSR count). The zero-order valence-corrected chi connectivity index (χ0v) is 7.13. The van der Waals surface area contributed by atoms with Gasteiger partial charge in [0.05, 0.1) is 12.9 Å². The Bertz CT molecular complexity index is 367. The van der Waals surface area contributed by atoms with Crippen molar-refractivity contribution in [2.75, 3.05) is 7.11 Å². The van der Waals surface area contributed by atoms with E-state index in [0.717, 1.165) is 16.5 Å². The van der Waals surface area contributed by atoms with Crippen LogP contribution in [0.5, 0.6) is 5.75 Å². The van der Waals surface area contributed by atoms with Crippen LogP contribution in [-0.2, 0) is 0 Å². The molecule has 1 aromatic carbocycles. The molecule has 0 saturated heterocycles. The van der Waals surface area contributed by atoms with Crippen molar-refractivity contribution < 1.29 is 28.0 Å². The second kappa shape index (κ2) is 3.71. The van der Waals surface area contributed by atoms with Crippen molar-refractivity contribution in [2.24, 2.45) is 0 Å². The topological polar surface area (TPSA) is 22.4 Å². The summed E-state index contributed by atoms with van der Waals surface area (Å²) in [6.07, 6.45) is 4.37. The predicted octanol–water partition coefficient (Wildman–Crippen LogP) is -0.754. The summed E-state index contributed by atoms with van der Waals surface area (Å²) in [5.41, 5.74) is 0. The maximum absolute atomic E-state index is 5.11. The Kier molecular flexibility index (Phi) is 2.86. The van der Waals surface area contributed by atoms with Gasteiger partial charge in [-0.05, 0) is 12.3 Å². The number of benzene rings is 1. The summed E-state index contributed by atoms with van der Waals surface area (Å²) in [5.74, 6) is 0.826. The minimum atomic E-state index is 0. The number of ether oxygens (including phenoxy) is 1. The predicted molar refractivity (Wildman–Crippen MR) is 41.6 cm³/mol.